The van der Waals surface area contributed by atoms with Crippen LogP contribution in [0.25, 0.3) is 22.3 Å². The van der Waals surface area contributed by atoms with Gasteiger partial charge in [0.15, 0.2) is 5.43 Å². The molecule has 37 heavy (non-hydrogen) atoms. The summed E-state index contributed by atoms with van der Waals surface area (Å²) in [7, 11) is 0. The largest absolute Gasteiger partial charge is 0.508 e. The molecule has 0 amide bonds. The Morgan fingerprint density at radius 3 is 2.59 bits per heavy atom. The van der Waals surface area contributed by atoms with Gasteiger partial charge in [-0.1, -0.05) is 48.6 Å². The SMILES string of the molecule is C=C1C(=O)OC2C1CCC(C)=CCCC1(C)OC21.O=c1cc(-c2ccccc2)oc2cc(O)cc(O)c12. The number of epoxide rings is 1. The first-order chi connectivity index (χ1) is 17.7. The summed E-state index contributed by atoms with van der Waals surface area (Å²) in [5, 5.41) is 19.2. The van der Waals surface area contributed by atoms with Crippen LogP contribution in [0.2, 0.25) is 0 Å². The predicted octanol–water partition coefficient (Wildman–Crippen LogP) is 5.63. The summed E-state index contributed by atoms with van der Waals surface area (Å²) in [5.41, 5.74) is 2.47. The third-order valence-corrected chi connectivity index (χ3v) is 7.42. The normalized spacial score (nSPS) is 26.8. The smallest absolute Gasteiger partial charge is 0.334 e. The van der Waals surface area contributed by atoms with Crippen molar-refractivity contribution in [3.8, 4) is 22.8 Å². The standard InChI is InChI=1S/C15H10O4.C15H20O3/c16-10-6-11(17)15-12(18)8-13(19-14(15)7-10)9-4-2-1-3-5-9;1-9-5-4-8-15(3)13(18-15)12-11(7-6-9)10(2)14(16)17-12/h1-8,16-17H;5,11-13H,2,4,6-8H2,1,3H3. The van der Waals surface area contributed by atoms with E-state index in [9.17, 15) is 19.8 Å². The molecule has 6 rings (SSSR count). The van der Waals surface area contributed by atoms with Gasteiger partial charge in [-0.3, -0.25) is 4.79 Å². The molecule has 2 saturated heterocycles. The molecule has 0 bridgehead atoms. The summed E-state index contributed by atoms with van der Waals surface area (Å²) in [6.07, 6.45) is 6.25. The van der Waals surface area contributed by atoms with Crippen molar-refractivity contribution in [3.63, 3.8) is 0 Å². The van der Waals surface area contributed by atoms with Crippen molar-refractivity contribution in [2.24, 2.45) is 5.92 Å². The van der Waals surface area contributed by atoms with E-state index in [4.69, 9.17) is 13.9 Å². The molecule has 3 heterocycles. The molecule has 7 nitrogen and oxygen atoms in total. The van der Waals surface area contributed by atoms with Gasteiger partial charge in [-0.2, -0.15) is 0 Å². The predicted molar refractivity (Wildman–Crippen MR) is 139 cm³/mol. The van der Waals surface area contributed by atoms with Crippen molar-refractivity contribution < 1.29 is 28.9 Å². The molecule has 2 fully saturated rings. The van der Waals surface area contributed by atoms with Crippen molar-refractivity contribution in [3.05, 3.63) is 82.6 Å². The third kappa shape index (κ3) is 4.91. The Balaban J connectivity index is 0.000000152. The molecule has 0 spiro atoms. The zero-order valence-corrected chi connectivity index (χ0v) is 20.9. The Hall–Kier alpha value is -3.84. The quantitative estimate of drug-likeness (QED) is 0.192. The average molecular weight is 503 g/mol. The molecule has 1 aromatic heterocycles. The molecule has 4 atom stereocenters. The van der Waals surface area contributed by atoms with Crippen LogP contribution in [0.1, 0.15) is 39.5 Å². The number of fused-ring (bicyclic) bond motifs is 4. The summed E-state index contributed by atoms with van der Waals surface area (Å²) < 4.78 is 16.9. The fraction of sp³-hybridized carbons (Fsp3) is 0.333. The number of carbonyl (C=O) groups excluding carboxylic acids is 1. The van der Waals surface area contributed by atoms with Gasteiger partial charge in [-0.05, 0) is 39.5 Å². The van der Waals surface area contributed by atoms with E-state index in [0.717, 1.165) is 37.3 Å². The molecule has 2 aromatic carbocycles. The summed E-state index contributed by atoms with van der Waals surface area (Å²) in [4.78, 5) is 23.7. The van der Waals surface area contributed by atoms with Gasteiger partial charge >= 0.3 is 5.97 Å². The van der Waals surface area contributed by atoms with Crippen LogP contribution in [0.5, 0.6) is 11.5 Å². The van der Waals surface area contributed by atoms with E-state index in [-0.39, 0.29) is 57.6 Å². The molecule has 7 heteroatoms. The molecule has 192 valence electrons. The van der Waals surface area contributed by atoms with Gasteiger partial charge in [0.1, 0.15) is 40.4 Å². The zero-order valence-electron chi connectivity index (χ0n) is 20.9. The van der Waals surface area contributed by atoms with Gasteiger partial charge < -0.3 is 24.1 Å². The van der Waals surface area contributed by atoms with Gasteiger partial charge in [0.05, 0.1) is 5.60 Å². The Morgan fingerprint density at radius 1 is 1.08 bits per heavy atom. The summed E-state index contributed by atoms with van der Waals surface area (Å²) >= 11 is 0. The van der Waals surface area contributed by atoms with Gasteiger partial charge in [0, 0.05) is 35.3 Å². The number of phenols is 2. The molecule has 1 aliphatic carbocycles. The summed E-state index contributed by atoms with van der Waals surface area (Å²) in [6.45, 7) is 8.17. The fourth-order valence-corrected chi connectivity index (χ4v) is 5.20. The Labute approximate surface area is 214 Å². The fourth-order valence-electron chi connectivity index (χ4n) is 5.20. The number of esters is 1. The monoisotopic (exact) mass is 502 g/mol. The number of carbonyl (C=O) groups is 1. The van der Waals surface area contributed by atoms with Crippen molar-refractivity contribution >= 4 is 16.9 Å². The first kappa shape index (κ1) is 24.8. The van der Waals surface area contributed by atoms with Crippen LogP contribution in [-0.2, 0) is 14.3 Å². The molecular weight excluding hydrogens is 472 g/mol. The first-order valence-corrected chi connectivity index (χ1v) is 12.4. The maximum Gasteiger partial charge on any atom is 0.334 e. The number of ether oxygens (including phenoxy) is 2. The van der Waals surface area contributed by atoms with Crippen LogP contribution in [0, 0.1) is 5.92 Å². The maximum atomic E-state index is 12.0. The summed E-state index contributed by atoms with van der Waals surface area (Å²) in [5.74, 6) is -0.153. The number of aromatic hydroxyl groups is 2. The second kappa shape index (κ2) is 9.56. The number of rotatable bonds is 1. The van der Waals surface area contributed by atoms with E-state index in [0.29, 0.717) is 11.3 Å². The molecule has 0 saturated carbocycles. The summed E-state index contributed by atoms with van der Waals surface area (Å²) in [6, 6.07) is 12.9. The number of allylic oxidation sites excluding steroid dienone is 2. The lowest BCUT2D eigenvalue weighted by molar-refractivity contribution is -0.140. The highest BCUT2D eigenvalue weighted by Gasteiger charge is 2.61. The average Bonchev–Trinajstić information content (AvgIpc) is 3.44. The number of phenolic OH excluding ortho intramolecular Hbond substituents is 2. The number of hydrogen-bond acceptors (Lipinski definition) is 7. The van der Waals surface area contributed by atoms with E-state index in [1.807, 2.05) is 30.3 Å². The van der Waals surface area contributed by atoms with Crippen LogP contribution >= 0.6 is 0 Å². The topological polar surface area (TPSA) is 110 Å². The lowest BCUT2D eigenvalue weighted by Crippen LogP contribution is -2.28. The van der Waals surface area contributed by atoms with Crippen molar-refractivity contribution in [2.75, 3.05) is 0 Å². The van der Waals surface area contributed by atoms with Crippen LogP contribution in [-0.4, -0.2) is 34.0 Å². The lowest BCUT2D eigenvalue weighted by atomic mass is 9.84. The van der Waals surface area contributed by atoms with Gasteiger partial charge in [-0.25, -0.2) is 4.79 Å². The third-order valence-electron chi connectivity index (χ3n) is 7.42. The first-order valence-electron chi connectivity index (χ1n) is 12.4. The second-order valence-corrected chi connectivity index (χ2v) is 10.2. The minimum absolute atomic E-state index is 0.0671. The molecule has 4 unspecified atom stereocenters. The Morgan fingerprint density at radius 2 is 1.84 bits per heavy atom. The van der Waals surface area contributed by atoms with Crippen molar-refractivity contribution in [1.82, 2.24) is 0 Å². The minimum Gasteiger partial charge on any atom is -0.508 e. The Bertz CT molecular complexity index is 1450. The van der Waals surface area contributed by atoms with E-state index in [1.165, 1.54) is 17.7 Å². The van der Waals surface area contributed by atoms with Gasteiger partial charge in [0.2, 0.25) is 0 Å². The maximum absolute atomic E-state index is 12.0. The van der Waals surface area contributed by atoms with Crippen LogP contribution < -0.4 is 5.43 Å². The molecule has 2 aliphatic heterocycles. The van der Waals surface area contributed by atoms with Crippen LogP contribution in [0.15, 0.2) is 81.5 Å². The number of hydrogen-bond donors (Lipinski definition) is 2. The highest BCUT2D eigenvalue weighted by atomic mass is 16.6. The zero-order chi connectivity index (χ0) is 26.3. The van der Waals surface area contributed by atoms with Crippen LogP contribution in [0.4, 0.5) is 0 Å². The molecule has 3 aromatic rings. The van der Waals surface area contributed by atoms with E-state index < -0.39 is 0 Å². The van der Waals surface area contributed by atoms with Crippen molar-refractivity contribution in [1.29, 1.82) is 0 Å². The molecule has 2 N–H and O–H groups in total. The highest BCUT2D eigenvalue weighted by molar-refractivity contribution is 5.91. The van der Waals surface area contributed by atoms with Gasteiger partial charge in [0.25, 0.3) is 0 Å². The van der Waals surface area contributed by atoms with Crippen LogP contribution in [0.3, 0.4) is 0 Å². The van der Waals surface area contributed by atoms with E-state index in [1.54, 1.807) is 0 Å². The van der Waals surface area contributed by atoms with Crippen molar-refractivity contribution in [2.45, 2.75) is 57.3 Å². The highest BCUT2D eigenvalue weighted by Crippen LogP contribution is 2.49. The lowest BCUT2D eigenvalue weighted by Gasteiger charge is -2.19. The van der Waals surface area contributed by atoms with Gasteiger partial charge in [-0.15, -0.1) is 0 Å². The minimum atomic E-state index is -0.349. The second-order valence-electron chi connectivity index (χ2n) is 10.2. The number of benzene rings is 2. The Kier molecular flexibility index (Phi) is 6.42. The molecular formula is C30H30O7. The molecule has 0 radical (unpaired) electrons. The van der Waals surface area contributed by atoms with E-state index >= 15 is 0 Å². The molecule has 3 aliphatic rings. The van der Waals surface area contributed by atoms with E-state index in [2.05, 4.69) is 26.5 Å².